The highest BCUT2D eigenvalue weighted by Gasteiger charge is 2.24. The number of hydrogen-bond acceptors (Lipinski definition) is 3. The van der Waals surface area contributed by atoms with Gasteiger partial charge in [-0.3, -0.25) is 9.48 Å². The van der Waals surface area contributed by atoms with Crippen LogP contribution < -0.4 is 10.9 Å². The minimum atomic E-state index is 0.0871. The van der Waals surface area contributed by atoms with E-state index in [9.17, 15) is 4.79 Å². The predicted molar refractivity (Wildman–Crippen MR) is 128 cm³/mol. The second-order valence-electron chi connectivity index (χ2n) is 9.40. The summed E-state index contributed by atoms with van der Waals surface area (Å²) in [5, 5.41) is 8.00. The van der Waals surface area contributed by atoms with Crippen molar-refractivity contribution in [3.63, 3.8) is 0 Å². The SMILES string of the molecule is Cc1c(-c2cnn(C)c2)cn(CC(C)C)c(=O)c1N[C@H]1CC[C@@H](c2ccccc2)CC1. The summed E-state index contributed by atoms with van der Waals surface area (Å²) in [4.78, 5) is 13.4. The van der Waals surface area contributed by atoms with E-state index >= 15 is 0 Å². The summed E-state index contributed by atoms with van der Waals surface area (Å²) in [5.41, 5.74) is 5.43. The fourth-order valence-corrected chi connectivity index (χ4v) is 4.80. The van der Waals surface area contributed by atoms with Crippen molar-refractivity contribution in [1.29, 1.82) is 0 Å². The van der Waals surface area contributed by atoms with Gasteiger partial charge in [0.25, 0.3) is 5.56 Å². The van der Waals surface area contributed by atoms with Crippen LogP contribution in [0.25, 0.3) is 11.1 Å². The average Bonchev–Trinajstić information content (AvgIpc) is 3.20. The Morgan fingerprint density at radius 2 is 1.81 bits per heavy atom. The molecule has 0 radical (unpaired) electrons. The van der Waals surface area contributed by atoms with Crippen LogP contribution in [0.3, 0.4) is 0 Å². The third kappa shape index (κ3) is 4.76. The van der Waals surface area contributed by atoms with Crippen molar-refractivity contribution >= 4 is 5.69 Å². The fraction of sp³-hybridized carbons (Fsp3) is 0.462. The lowest BCUT2D eigenvalue weighted by Gasteiger charge is -2.30. The molecule has 1 fully saturated rings. The van der Waals surface area contributed by atoms with Crippen LogP contribution in [0.4, 0.5) is 5.69 Å². The highest BCUT2D eigenvalue weighted by atomic mass is 16.1. The van der Waals surface area contributed by atoms with Crippen LogP contribution in [0.1, 0.15) is 56.6 Å². The monoisotopic (exact) mass is 418 g/mol. The maximum absolute atomic E-state index is 13.4. The number of nitrogens with zero attached hydrogens (tertiary/aromatic N) is 3. The van der Waals surface area contributed by atoms with Crippen molar-refractivity contribution in [2.75, 3.05) is 5.32 Å². The lowest BCUT2D eigenvalue weighted by atomic mass is 9.81. The first-order valence-electron chi connectivity index (χ1n) is 11.5. The van der Waals surface area contributed by atoms with Crippen LogP contribution in [-0.4, -0.2) is 20.4 Å². The first-order chi connectivity index (χ1) is 14.9. The molecule has 1 aromatic carbocycles. The smallest absolute Gasteiger partial charge is 0.274 e. The van der Waals surface area contributed by atoms with Gasteiger partial charge in [0.1, 0.15) is 5.69 Å². The van der Waals surface area contributed by atoms with Crippen molar-refractivity contribution < 1.29 is 0 Å². The van der Waals surface area contributed by atoms with Crippen LogP contribution in [0.5, 0.6) is 0 Å². The Labute approximate surface area is 185 Å². The zero-order valence-electron chi connectivity index (χ0n) is 19.1. The molecule has 3 aromatic rings. The second-order valence-corrected chi connectivity index (χ2v) is 9.40. The molecule has 2 aromatic heterocycles. The summed E-state index contributed by atoms with van der Waals surface area (Å²) in [6.07, 6.45) is 10.4. The van der Waals surface area contributed by atoms with Gasteiger partial charge in [-0.05, 0) is 55.6 Å². The van der Waals surface area contributed by atoms with Crippen molar-refractivity contribution in [3.05, 3.63) is 70.4 Å². The number of aryl methyl sites for hydroxylation is 1. The van der Waals surface area contributed by atoms with Crippen molar-refractivity contribution in [2.45, 2.75) is 65.0 Å². The van der Waals surface area contributed by atoms with E-state index in [1.807, 2.05) is 34.9 Å². The van der Waals surface area contributed by atoms with Gasteiger partial charge in [-0.2, -0.15) is 5.10 Å². The molecule has 5 heteroatoms. The van der Waals surface area contributed by atoms with E-state index in [0.717, 1.165) is 48.1 Å². The number of hydrogen-bond donors (Lipinski definition) is 1. The Balaban J connectivity index is 1.59. The lowest BCUT2D eigenvalue weighted by Crippen LogP contribution is -2.32. The Bertz CT molecular complexity index is 1070. The van der Waals surface area contributed by atoms with E-state index < -0.39 is 0 Å². The van der Waals surface area contributed by atoms with Gasteiger partial charge in [0.2, 0.25) is 0 Å². The van der Waals surface area contributed by atoms with Gasteiger partial charge in [0, 0.05) is 43.2 Å². The standard InChI is InChI=1S/C26H34N4O/c1-18(2)15-30-17-24(22-14-27-29(4)16-22)19(3)25(26(30)31)28-23-12-10-21(11-13-23)20-8-6-5-7-9-20/h5-9,14,16-18,21,23,28H,10-13,15H2,1-4H3/t21-,23+. The lowest BCUT2D eigenvalue weighted by molar-refractivity contribution is 0.411. The number of benzene rings is 1. The summed E-state index contributed by atoms with van der Waals surface area (Å²) in [7, 11) is 1.92. The van der Waals surface area contributed by atoms with E-state index in [0.29, 0.717) is 24.4 Å². The second kappa shape index (κ2) is 9.13. The molecule has 1 saturated carbocycles. The Hall–Kier alpha value is -2.82. The molecule has 0 saturated heterocycles. The van der Waals surface area contributed by atoms with Gasteiger partial charge in [0.15, 0.2) is 0 Å². The van der Waals surface area contributed by atoms with E-state index in [4.69, 9.17) is 0 Å². The third-order valence-corrected chi connectivity index (χ3v) is 6.46. The molecule has 2 heterocycles. The Morgan fingerprint density at radius 1 is 1.10 bits per heavy atom. The molecule has 5 nitrogen and oxygen atoms in total. The number of aromatic nitrogens is 3. The summed E-state index contributed by atoms with van der Waals surface area (Å²) in [6, 6.07) is 11.2. The molecular formula is C26H34N4O. The molecule has 0 spiro atoms. The molecule has 164 valence electrons. The molecule has 1 N–H and O–H groups in total. The van der Waals surface area contributed by atoms with Gasteiger partial charge < -0.3 is 9.88 Å². The zero-order valence-corrected chi connectivity index (χ0v) is 19.1. The topological polar surface area (TPSA) is 51.9 Å². The zero-order chi connectivity index (χ0) is 22.0. The van der Waals surface area contributed by atoms with E-state index in [-0.39, 0.29) is 5.56 Å². The van der Waals surface area contributed by atoms with Crippen molar-refractivity contribution in [1.82, 2.24) is 14.3 Å². The molecule has 0 amide bonds. The highest BCUT2D eigenvalue weighted by molar-refractivity contribution is 5.71. The number of anilines is 1. The molecule has 0 bridgehead atoms. The van der Waals surface area contributed by atoms with Gasteiger partial charge in [-0.25, -0.2) is 0 Å². The maximum atomic E-state index is 13.4. The van der Waals surface area contributed by atoms with Crippen LogP contribution in [0.15, 0.2) is 53.7 Å². The molecule has 4 rings (SSSR count). The fourth-order valence-electron chi connectivity index (χ4n) is 4.80. The normalized spacial score (nSPS) is 19.0. The number of pyridine rings is 1. The van der Waals surface area contributed by atoms with Gasteiger partial charge in [0.05, 0.1) is 6.20 Å². The van der Waals surface area contributed by atoms with Crippen LogP contribution in [0.2, 0.25) is 0 Å². The molecule has 0 unspecified atom stereocenters. The quantitative estimate of drug-likeness (QED) is 0.587. The van der Waals surface area contributed by atoms with Crippen molar-refractivity contribution in [3.8, 4) is 11.1 Å². The summed E-state index contributed by atoms with van der Waals surface area (Å²) >= 11 is 0. The summed E-state index contributed by atoms with van der Waals surface area (Å²) in [5.74, 6) is 1.02. The first kappa shape index (κ1) is 21.4. The average molecular weight is 419 g/mol. The highest BCUT2D eigenvalue weighted by Crippen LogP contribution is 2.34. The molecule has 1 aliphatic carbocycles. The largest absolute Gasteiger partial charge is 0.378 e. The van der Waals surface area contributed by atoms with Gasteiger partial charge in [-0.1, -0.05) is 44.2 Å². The maximum Gasteiger partial charge on any atom is 0.274 e. The van der Waals surface area contributed by atoms with Crippen molar-refractivity contribution in [2.24, 2.45) is 13.0 Å². The summed E-state index contributed by atoms with van der Waals surface area (Å²) in [6.45, 7) is 7.06. The minimum absolute atomic E-state index is 0.0871. The minimum Gasteiger partial charge on any atom is -0.378 e. The molecular weight excluding hydrogens is 384 g/mol. The van der Waals surface area contributed by atoms with E-state index in [1.165, 1.54) is 5.56 Å². The number of rotatable bonds is 6. The Kier molecular flexibility index (Phi) is 6.30. The molecule has 31 heavy (non-hydrogen) atoms. The number of nitrogens with one attached hydrogen (secondary N) is 1. The van der Waals surface area contributed by atoms with E-state index in [1.54, 1.807) is 0 Å². The third-order valence-electron chi connectivity index (χ3n) is 6.46. The van der Waals surface area contributed by atoms with Gasteiger partial charge >= 0.3 is 0 Å². The molecule has 1 aliphatic rings. The molecule has 0 aliphatic heterocycles. The van der Waals surface area contributed by atoms with Crippen LogP contribution in [-0.2, 0) is 13.6 Å². The summed E-state index contributed by atoms with van der Waals surface area (Å²) < 4.78 is 3.68. The first-order valence-corrected chi connectivity index (χ1v) is 11.5. The Morgan fingerprint density at radius 3 is 2.42 bits per heavy atom. The van der Waals surface area contributed by atoms with Crippen LogP contribution in [0, 0.1) is 12.8 Å². The van der Waals surface area contributed by atoms with E-state index in [2.05, 4.69) is 61.5 Å². The van der Waals surface area contributed by atoms with Gasteiger partial charge in [-0.15, -0.1) is 0 Å². The molecule has 0 atom stereocenters. The van der Waals surface area contributed by atoms with Crippen LogP contribution >= 0.6 is 0 Å². The predicted octanol–water partition coefficient (Wildman–Crippen LogP) is 5.35.